The van der Waals surface area contributed by atoms with Crippen LogP contribution in [0.25, 0.3) is 11.2 Å². The van der Waals surface area contributed by atoms with Crippen LogP contribution in [0.2, 0.25) is 0 Å². The topological polar surface area (TPSA) is 79.2 Å². The van der Waals surface area contributed by atoms with Crippen molar-refractivity contribution in [3.8, 4) is 0 Å². The highest BCUT2D eigenvalue weighted by Gasteiger charge is 2.24. The highest BCUT2D eigenvalue weighted by atomic mass is 16.2. The van der Waals surface area contributed by atoms with Crippen LogP contribution < -0.4 is 16.1 Å². The van der Waals surface area contributed by atoms with Crippen LogP contribution in [-0.2, 0) is 20.0 Å². The van der Waals surface area contributed by atoms with E-state index in [0.29, 0.717) is 11.2 Å². The summed E-state index contributed by atoms with van der Waals surface area (Å²) in [5.74, 6) is 0.799. The van der Waals surface area contributed by atoms with Gasteiger partial charge in [-0.25, -0.2) is 4.79 Å². The fraction of sp³-hybridized carbons (Fsp3) is 0.500. The number of benzene rings is 1. The largest absolute Gasteiger partial charge is 0.340 e. The number of H-pyrrole nitrogens is 1. The fourth-order valence-corrected chi connectivity index (χ4v) is 4.10. The molecule has 2 aromatic heterocycles. The summed E-state index contributed by atoms with van der Waals surface area (Å²) in [6.07, 6.45) is 3.03. The minimum atomic E-state index is -0.426. The molecule has 160 valence electrons. The van der Waals surface area contributed by atoms with Gasteiger partial charge < -0.3 is 9.47 Å². The van der Waals surface area contributed by atoms with Crippen molar-refractivity contribution in [1.29, 1.82) is 0 Å². The van der Waals surface area contributed by atoms with Crippen LogP contribution in [0, 0.1) is 0 Å². The van der Waals surface area contributed by atoms with Crippen molar-refractivity contribution in [2.75, 3.05) is 37.6 Å². The highest BCUT2D eigenvalue weighted by molar-refractivity contribution is 5.74. The van der Waals surface area contributed by atoms with Gasteiger partial charge >= 0.3 is 5.69 Å². The molecule has 3 aromatic rings. The molecule has 1 aliphatic heterocycles. The molecule has 1 N–H and O–H groups in total. The van der Waals surface area contributed by atoms with E-state index in [4.69, 9.17) is 4.98 Å². The second kappa shape index (κ2) is 8.87. The van der Waals surface area contributed by atoms with Crippen molar-refractivity contribution < 1.29 is 0 Å². The predicted molar refractivity (Wildman–Crippen MR) is 119 cm³/mol. The molecule has 0 spiro atoms. The Hall–Kier alpha value is -2.87. The molecule has 8 heteroatoms. The molecule has 0 atom stereocenters. The van der Waals surface area contributed by atoms with Gasteiger partial charge in [0.15, 0.2) is 11.2 Å². The molecule has 30 heavy (non-hydrogen) atoms. The zero-order valence-corrected chi connectivity index (χ0v) is 17.8. The number of piperazine rings is 1. The minimum absolute atomic E-state index is 0.357. The van der Waals surface area contributed by atoms with Gasteiger partial charge in [-0.1, -0.05) is 43.7 Å². The average Bonchev–Trinajstić information content (AvgIpc) is 3.16. The minimum Gasteiger partial charge on any atom is -0.340 e. The number of unbranched alkanes of at least 4 members (excludes halogenated alkanes) is 1. The maximum atomic E-state index is 12.5. The number of nitrogens with zero attached hydrogens (tertiary/aromatic N) is 5. The van der Waals surface area contributed by atoms with Crippen molar-refractivity contribution in [3.05, 3.63) is 56.7 Å². The lowest BCUT2D eigenvalue weighted by molar-refractivity contribution is 0.259. The van der Waals surface area contributed by atoms with Gasteiger partial charge in [-0.2, -0.15) is 4.98 Å². The molecule has 4 rings (SSSR count). The van der Waals surface area contributed by atoms with Gasteiger partial charge in [0.2, 0.25) is 5.95 Å². The van der Waals surface area contributed by atoms with Crippen molar-refractivity contribution in [3.63, 3.8) is 0 Å². The third-order valence-electron chi connectivity index (χ3n) is 5.94. The van der Waals surface area contributed by atoms with Gasteiger partial charge in [0.1, 0.15) is 0 Å². The molecule has 3 heterocycles. The molecular weight excluding hydrogens is 380 g/mol. The van der Waals surface area contributed by atoms with E-state index < -0.39 is 5.69 Å². The quantitative estimate of drug-likeness (QED) is 0.640. The predicted octanol–water partition coefficient (Wildman–Crippen LogP) is 1.59. The second-order valence-electron chi connectivity index (χ2n) is 7.97. The maximum absolute atomic E-state index is 12.5. The van der Waals surface area contributed by atoms with Crippen LogP contribution in [-0.4, -0.2) is 56.7 Å². The summed E-state index contributed by atoms with van der Waals surface area (Å²) in [6, 6.07) is 10.6. The molecule has 1 saturated heterocycles. The van der Waals surface area contributed by atoms with Gasteiger partial charge in [0.05, 0.1) is 0 Å². The Kier molecular flexibility index (Phi) is 6.03. The number of aryl methyl sites for hydroxylation is 2. The van der Waals surface area contributed by atoms with E-state index in [-0.39, 0.29) is 5.56 Å². The lowest BCUT2D eigenvalue weighted by atomic mass is 10.1. The Balaban J connectivity index is 1.53. The molecule has 0 amide bonds. The summed E-state index contributed by atoms with van der Waals surface area (Å²) < 4.78 is 3.43. The highest BCUT2D eigenvalue weighted by Crippen LogP contribution is 2.21. The molecule has 0 aliphatic carbocycles. The number of nitrogens with one attached hydrogen (secondary N) is 1. The lowest BCUT2D eigenvalue weighted by Gasteiger charge is -2.35. The van der Waals surface area contributed by atoms with Crippen LogP contribution in [0.15, 0.2) is 39.9 Å². The van der Waals surface area contributed by atoms with Crippen LogP contribution in [0.4, 0.5) is 5.95 Å². The summed E-state index contributed by atoms with van der Waals surface area (Å²) in [6.45, 7) is 7.52. The smallest absolute Gasteiger partial charge is 0.329 e. The van der Waals surface area contributed by atoms with Crippen molar-refractivity contribution >= 4 is 17.1 Å². The first-order valence-corrected chi connectivity index (χ1v) is 10.8. The summed E-state index contributed by atoms with van der Waals surface area (Å²) in [7, 11) is 1.66. The zero-order valence-electron chi connectivity index (χ0n) is 17.8. The lowest BCUT2D eigenvalue weighted by Crippen LogP contribution is -2.47. The van der Waals surface area contributed by atoms with Crippen LogP contribution in [0.3, 0.4) is 0 Å². The Labute approximate surface area is 175 Å². The van der Waals surface area contributed by atoms with Gasteiger partial charge in [-0.15, -0.1) is 0 Å². The van der Waals surface area contributed by atoms with Gasteiger partial charge in [-0.3, -0.25) is 19.2 Å². The van der Waals surface area contributed by atoms with Crippen LogP contribution in [0.5, 0.6) is 0 Å². The van der Waals surface area contributed by atoms with Crippen molar-refractivity contribution in [2.24, 2.45) is 7.05 Å². The van der Waals surface area contributed by atoms with Crippen LogP contribution >= 0.6 is 0 Å². The van der Waals surface area contributed by atoms with Gasteiger partial charge in [0.25, 0.3) is 5.56 Å². The third kappa shape index (κ3) is 4.05. The monoisotopic (exact) mass is 410 g/mol. The van der Waals surface area contributed by atoms with E-state index in [9.17, 15) is 9.59 Å². The molecule has 0 unspecified atom stereocenters. The summed E-state index contributed by atoms with van der Waals surface area (Å²) >= 11 is 0. The molecule has 1 aliphatic rings. The zero-order chi connectivity index (χ0) is 21.1. The summed E-state index contributed by atoms with van der Waals surface area (Å²) in [5, 5.41) is 0. The van der Waals surface area contributed by atoms with E-state index in [0.717, 1.165) is 64.5 Å². The van der Waals surface area contributed by atoms with E-state index in [1.165, 1.54) is 10.1 Å². The number of aromatic nitrogens is 4. The fourth-order valence-electron chi connectivity index (χ4n) is 4.10. The summed E-state index contributed by atoms with van der Waals surface area (Å²) in [4.78, 5) is 36.5. The normalized spacial score (nSPS) is 15.2. The van der Waals surface area contributed by atoms with Gasteiger partial charge in [0, 0.05) is 46.3 Å². The molecule has 0 saturated carbocycles. The first-order chi connectivity index (χ1) is 14.6. The van der Waals surface area contributed by atoms with Crippen molar-refractivity contribution in [2.45, 2.75) is 32.7 Å². The van der Waals surface area contributed by atoms with E-state index in [2.05, 4.69) is 46.0 Å². The summed E-state index contributed by atoms with van der Waals surface area (Å²) in [5.41, 5.74) is 1.53. The first kappa shape index (κ1) is 20.4. The number of hydrogen-bond acceptors (Lipinski definition) is 5. The van der Waals surface area contributed by atoms with Crippen LogP contribution in [0.1, 0.15) is 25.3 Å². The molecule has 1 aromatic carbocycles. The maximum Gasteiger partial charge on any atom is 0.329 e. The number of fused-ring (bicyclic) bond motifs is 1. The second-order valence-corrected chi connectivity index (χ2v) is 7.97. The number of aromatic amines is 1. The Morgan fingerprint density at radius 1 is 1.03 bits per heavy atom. The number of anilines is 1. The third-order valence-corrected chi connectivity index (χ3v) is 5.94. The van der Waals surface area contributed by atoms with Gasteiger partial charge in [-0.05, 0) is 18.4 Å². The Morgan fingerprint density at radius 3 is 2.47 bits per heavy atom. The molecule has 0 bridgehead atoms. The van der Waals surface area contributed by atoms with Crippen molar-refractivity contribution in [1.82, 2.24) is 24.0 Å². The molecule has 8 nitrogen and oxygen atoms in total. The number of rotatable bonds is 7. The first-order valence-electron chi connectivity index (χ1n) is 10.8. The van der Waals surface area contributed by atoms with E-state index >= 15 is 0 Å². The number of imidazole rings is 1. The Bertz CT molecular complexity index is 1110. The Morgan fingerprint density at radius 2 is 1.77 bits per heavy atom. The molecular formula is C22H30N6O2. The van der Waals surface area contributed by atoms with E-state index in [1.54, 1.807) is 7.05 Å². The van der Waals surface area contributed by atoms with E-state index in [1.807, 2.05) is 10.6 Å². The molecule has 0 radical (unpaired) electrons. The average molecular weight is 411 g/mol. The standard InChI is InChI=1S/C22H30N6O2/c1-3-4-11-28-18-19(25(2)22(30)24-20(18)29)23-21(28)27-15-13-26(14-16-27)12-10-17-8-6-5-7-9-17/h5-9H,3-4,10-16H2,1-2H3,(H,24,29,30). The SMILES string of the molecule is CCCCn1c(N2CCN(CCc3ccccc3)CC2)nc2c1c(=O)[nH]c(=O)n2C. The molecule has 1 fully saturated rings. The number of hydrogen-bond donors (Lipinski definition) is 1.